The van der Waals surface area contributed by atoms with E-state index in [0.29, 0.717) is 0 Å². The predicted molar refractivity (Wildman–Crippen MR) is 40.4 cm³/mol. The third-order valence-electron chi connectivity index (χ3n) is 2.22. The SMILES string of the molecule is CC(C)C1COC(=O)C1C(=O)O. The molecule has 68 valence electrons. The molecule has 1 N–H and O–H groups in total. The lowest BCUT2D eigenvalue weighted by atomic mass is 9.86. The van der Waals surface area contributed by atoms with Crippen molar-refractivity contribution in [3.8, 4) is 0 Å². The summed E-state index contributed by atoms with van der Waals surface area (Å²) >= 11 is 0. The molecule has 1 aliphatic rings. The van der Waals surface area contributed by atoms with Crippen LogP contribution in [0, 0.1) is 17.8 Å². The van der Waals surface area contributed by atoms with Gasteiger partial charge in [-0.05, 0) is 5.92 Å². The first-order chi connectivity index (χ1) is 5.54. The van der Waals surface area contributed by atoms with Crippen molar-refractivity contribution in [3.63, 3.8) is 0 Å². The summed E-state index contributed by atoms with van der Waals surface area (Å²) < 4.78 is 4.68. The number of hydrogen-bond donors (Lipinski definition) is 1. The highest BCUT2D eigenvalue weighted by Crippen LogP contribution is 2.28. The topological polar surface area (TPSA) is 63.6 Å². The molecule has 1 fully saturated rings. The molecule has 0 amide bonds. The van der Waals surface area contributed by atoms with E-state index in [4.69, 9.17) is 5.11 Å². The minimum Gasteiger partial charge on any atom is -0.481 e. The van der Waals surface area contributed by atoms with E-state index >= 15 is 0 Å². The smallest absolute Gasteiger partial charge is 0.320 e. The fourth-order valence-corrected chi connectivity index (χ4v) is 1.40. The molecule has 0 saturated carbocycles. The van der Waals surface area contributed by atoms with Crippen molar-refractivity contribution in [1.29, 1.82) is 0 Å². The first kappa shape index (κ1) is 9.03. The van der Waals surface area contributed by atoms with E-state index in [1.54, 1.807) is 0 Å². The van der Waals surface area contributed by atoms with Crippen LogP contribution in [0.5, 0.6) is 0 Å². The van der Waals surface area contributed by atoms with Gasteiger partial charge in [0.2, 0.25) is 0 Å². The normalized spacial score (nSPS) is 29.1. The average Bonchev–Trinajstić information content (AvgIpc) is 2.30. The van der Waals surface area contributed by atoms with Gasteiger partial charge in [0, 0.05) is 5.92 Å². The highest BCUT2D eigenvalue weighted by Gasteiger charge is 2.43. The Kier molecular flexibility index (Phi) is 2.35. The Labute approximate surface area is 70.5 Å². The van der Waals surface area contributed by atoms with Crippen molar-refractivity contribution < 1.29 is 19.4 Å². The van der Waals surface area contributed by atoms with Gasteiger partial charge in [-0.1, -0.05) is 13.8 Å². The second-order valence-corrected chi connectivity index (χ2v) is 3.35. The van der Waals surface area contributed by atoms with Crippen LogP contribution in [0.3, 0.4) is 0 Å². The van der Waals surface area contributed by atoms with Crippen LogP contribution in [0.25, 0.3) is 0 Å². The standard InChI is InChI=1S/C8H12O4/c1-4(2)5-3-12-8(11)6(5)7(9)10/h4-6H,3H2,1-2H3,(H,9,10). The van der Waals surface area contributed by atoms with Crippen molar-refractivity contribution in [2.24, 2.45) is 17.8 Å². The molecular weight excluding hydrogens is 160 g/mol. The minimum absolute atomic E-state index is 0.164. The Hall–Kier alpha value is -1.06. The number of ether oxygens (including phenoxy) is 1. The van der Waals surface area contributed by atoms with Crippen LogP contribution in [0.15, 0.2) is 0 Å². The summed E-state index contributed by atoms with van der Waals surface area (Å²) in [4.78, 5) is 21.6. The number of carboxylic acids is 1. The number of cyclic esters (lactones) is 1. The lowest BCUT2D eigenvalue weighted by Gasteiger charge is -2.14. The lowest BCUT2D eigenvalue weighted by molar-refractivity contribution is -0.152. The summed E-state index contributed by atoms with van der Waals surface area (Å²) in [5.74, 6) is -2.63. The Morgan fingerprint density at radius 2 is 2.25 bits per heavy atom. The quantitative estimate of drug-likeness (QED) is 0.487. The van der Waals surface area contributed by atoms with E-state index < -0.39 is 17.9 Å². The Bertz CT molecular complexity index is 209. The molecule has 2 atom stereocenters. The molecule has 0 spiro atoms. The van der Waals surface area contributed by atoms with Crippen LogP contribution >= 0.6 is 0 Å². The fourth-order valence-electron chi connectivity index (χ4n) is 1.40. The number of carbonyl (C=O) groups excluding carboxylic acids is 1. The minimum atomic E-state index is -1.07. The van der Waals surface area contributed by atoms with Gasteiger partial charge in [0.05, 0.1) is 6.61 Å². The highest BCUT2D eigenvalue weighted by molar-refractivity contribution is 5.95. The molecule has 0 aromatic rings. The molecule has 1 saturated heterocycles. The van der Waals surface area contributed by atoms with Gasteiger partial charge in [-0.2, -0.15) is 0 Å². The zero-order chi connectivity index (χ0) is 9.30. The maximum atomic E-state index is 10.9. The van der Waals surface area contributed by atoms with Crippen molar-refractivity contribution in [2.75, 3.05) is 6.61 Å². The molecule has 2 unspecified atom stereocenters. The van der Waals surface area contributed by atoms with Crippen molar-refractivity contribution in [1.82, 2.24) is 0 Å². The number of aliphatic carboxylic acids is 1. The lowest BCUT2D eigenvalue weighted by Crippen LogP contribution is -2.28. The Morgan fingerprint density at radius 3 is 2.58 bits per heavy atom. The maximum Gasteiger partial charge on any atom is 0.320 e. The third-order valence-corrected chi connectivity index (χ3v) is 2.22. The van der Waals surface area contributed by atoms with Crippen molar-refractivity contribution >= 4 is 11.9 Å². The van der Waals surface area contributed by atoms with E-state index in [9.17, 15) is 9.59 Å². The number of rotatable bonds is 2. The zero-order valence-corrected chi connectivity index (χ0v) is 7.11. The van der Waals surface area contributed by atoms with Crippen LogP contribution in [-0.4, -0.2) is 23.7 Å². The molecule has 12 heavy (non-hydrogen) atoms. The van der Waals surface area contributed by atoms with Crippen LogP contribution in [-0.2, 0) is 14.3 Å². The molecular formula is C8H12O4. The van der Waals surface area contributed by atoms with Gasteiger partial charge in [0.15, 0.2) is 5.92 Å². The fraction of sp³-hybridized carbons (Fsp3) is 0.750. The number of hydrogen-bond acceptors (Lipinski definition) is 3. The average molecular weight is 172 g/mol. The predicted octanol–water partition coefficient (Wildman–Crippen LogP) is 0.516. The van der Waals surface area contributed by atoms with E-state index in [1.807, 2.05) is 13.8 Å². The van der Waals surface area contributed by atoms with Gasteiger partial charge in [-0.25, -0.2) is 0 Å². The largest absolute Gasteiger partial charge is 0.481 e. The second-order valence-electron chi connectivity index (χ2n) is 3.35. The molecule has 1 rings (SSSR count). The van der Waals surface area contributed by atoms with Crippen LogP contribution in [0.2, 0.25) is 0 Å². The second kappa shape index (κ2) is 3.13. The van der Waals surface area contributed by atoms with E-state index in [2.05, 4.69) is 4.74 Å². The van der Waals surface area contributed by atoms with Crippen molar-refractivity contribution in [3.05, 3.63) is 0 Å². The molecule has 1 aliphatic heterocycles. The zero-order valence-electron chi connectivity index (χ0n) is 7.11. The van der Waals surface area contributed by atoms with Gasteiger partial charge in [0.1, 0.15) is 0 Å². The molecule has 4 nitrogen and oxygen atoms in total. The van der Waals surface area contributed by atoms with E-state index in [1.165, 1.54) is 0 Å². The molecule has 1 heterocycles. The number of carboxylic acid groups (broad SMARTS) is 1. The van der Waals surface area contributed by atoms with Crippen LogP contribution in [0.1, 0.15) is 13.8 Å². The Balaban J connectivity index is 2.77. The van der Waals surface area contributed by atoms with Gasteiger partial charge in [-0.3, -0.25) is 9.59 Å². The van der Waals surface area contributed by atoms with E-state index in [0.717, 1.165) is 0 Å². The Morgan fingerprint density at radius 1 is 1.67 bits per heavy atom. The van der Waals surface area contributed by atoms with Gasteiger partial charge >= 0.3 is 11.9 Å². The summed E-state index contributed by atoms with van der Waals surface area (Å²) in [6.07, 6.45) is 0. The molecule has 4 heteroatoms. The van der Waals surface area contributed by atoms with Crippen LogP contribution < -0.4 is 0 Å². The first-order valence-electron chi connectivity index (χ1n) is 3.93. The maximum absolute atomic E-state index is 10.9. The van der Waals surface area contributed by atoms with E-state index in [-0.39, 0.29) is 18.4 Å². The molecule has 0 aromatic heterocycles. The number of carbonyl (C=O) groups is 2. The molecule has 0 aliphatic carbocycles. The summed E-state index contributed by atoms with van der Waals surface area (Å²) in [5, 5.41) is 8.70. The molecule has 0 aromatic carbocycles. The summed E-state index contributed by atoms with van der Waals surface area (Å²) in [7, 11) is 0. The van der Waals surface area contributed by atoms with Gasteiger partial charge in [-0.15, -0.1) is 0 Å². The monoisotopic (exact) mass is 172 g/mol. The molecule has 0 bridgehead atoms. The van der Waals surface area contributed by atoms with Crippen LogP contribution in [0.4, 0.5) is 0 Å². The highest BCUT2D eigenvalue weighted by atomic mass is 16.5. The number of esters is 1. The summed E-state index contributed by atoms with van der Waals surface area (Å²) in [5.41, 5.74) is 0. The molecule has 0 radical (unpaired) electrons. The third kappa shape index (κ3) is 1.42. The summed E-state index contributed by atoms with van der Waals surface area (Å²) in [6, 6.07) is 0. The van der Waals surface area contributed by atoms with Crippen molar-refractivity contribution in [2.45, 2.75) is 13.8 Å². The van der Waals surface area contributed by atoms with Gasteiger partial charge in [0.25, 0.3) is 0 Å². The van der Waals surface area contributed by atoms with Gasteiger partial charge < -0.3 is 9.84 Å². The first-order valence-corrected chi connectivity index (χ1v) is 3.93. The summed E-state index contributed by atoms with van der Waals surface area (Å²) in [6.45, 7) is 4.03.